The summed E-state index contributed by atoms with van der Waals surface area (Å²) in [6, 6.07) is 0. The number of aliphatic hydroxyl groups excluding tert-OH is 2. The molecule has 18 heavy (non-hydrogen) atoms. The lowest BCUT2D eigenvalue weighted by atomic mass is 10.5. The van der Waals surface area contributed by atoms with Crippen LogP contribution < -0.4 is 5.73 Å². The van der Waals surface area contributed by atoms with Crippen molar-refractivity contribution in [2.24, 2.45) is 0 Å². The molecule has 0 spiro atoms. The zero-order valence-electron chi connectivity index (χ0n) is 9.52. The summed E-state index contributed by atoms with van der Waals surface area (Å²) >= 11 is 0. The van der Waals surface area contributed by atoms with Crippen molar-refractivity contribution in [2.45, 2.75) is 6.23 Å². The number of nitrogens with zero attached hydrogens (tertiary/aromatic N) is 4. The Bertz CT molecular complexity index is 568. The van der Waals surface area contributed by atoms with Gasteiger partial charge >= 0.3 is 0 Å². The van der Waals surface area contributed by atoms with Gasteiger partial charge in [0.2, 0.25) is 6.23 Å². The van der Waals surface area contributed by atoms with Gasteiger partial charge in [0.25, 0.3) is 0 Å². The van der Waals surface area contributed by atoms with Crippen LogP contribution in [0.25, 0.3) is 11.2 Å². The first-order valence-corrected chi connectivity index (χ1v) is 5.16. The molecule has 0 bridgehead atoms. The Morgan fingerprint density at radius 1 is 1.44 bits per heavy atom. The van der Waals surface area contributed by atoms with Crippen LogP contribution in [0.5, 0.6) is 0 Å². The first-order valence-electron chi connectivity index (χ1n) is 5.16. The van der Waals surface area contributed by atoms with Crippen LogP contribution in [0.15, 0.2) is 25.0 Å². The van der Waals surface area contributed by atoms with Gasteiger partial charge in [0.05, 0.1) is 13.2 Å². The zero-order valence-corrected chi connectivity index (χ0v) is 9.52. The van der Waals surface area contributed by atoms with E-state index < -0.39 is 6.23 Å². The molecule has 0 radical (unpaired) electrons. The molecule has 2 aromatic heterocycles. The standard InChI is InChI=1S/C10H13N5O3/c1-6(2-16)18-7(3-17)15-5-14-8-9(11)12-4-13-10(8)15/h4-5,7,16-17H,1-3H2,(H2,11,12,13)/t7-/m1/s1. The van der Waals surface area contributed by atoms with E-state index in [-0.39, 0.29) is 24.8 Å². The van der Waals surface area contributed by atoms with Gasteiger partial charge in [0, 0.05) is 0 Å². The van der Waals surface area contributed by atoms with Crippen LogP contribution in [0.4, 0.5) is 5.82 Å². The average molecular weight is 251 g/mol. The van der Waals surface area contributed by atoms with Crippen molar-refractivity contribution in [1.29, 1.82) is 0 Å². The van der Waals surface area contributed by atoms with E-state index in [1.54, 1.807) is 0 Å². The lowest BCUT2D eigenvalue weighted by Crippen LogP contribution is -2.17. The summed E-state index contributed by atoms with van der Waals surface area (Å²) in [5.74, 6) is 0.384. The number of nitrogen functional groups attached to an aromatic ring is 1. The Hall–Kier alpha value is -2.19. The smallest absolute Gasteiger partial charge is 0.201 e. The molecule has 0 fully saturated rings. The monoisotopic (exact) mass is 251 g/mol. The molecular formula is C10H13N5O3. The third kappa shape index (κ3) is 2.11. The molecule has 0 saturated heterocycles. The maximum Gasteiger partial charge on any atom is 0.201 e. The van der Waals surface area contributed by atoms with Gasteiger partial charge in [-0.3, -0.25) is 4.57 Å². The minimum atomic E-state index is -0.774. The van der Waals surface area contributed by atoms with Gasteiger partial charge in [-0.2, -0.15) is 0 Å². The number of nitrogens with two attached hydrogens (primary N) is 1. The quantitative estimate of drug-likeness (QED) is 0.608. The fourth-order valence-electron chi connectivity index (χ4n) is 1.49. The van der Waals surface area contributed by atoms with Crippen molar-refractivity contribution in [1.82, 2.24) is 19.5 Å². The van der Waals surface area contributed by atoms with Crippen molar-refractivity contribution in [2.75, 3.05) is 18.9 Å². The molecule has 0 saturated carbocycles. The number of hydrogen-bond donors (Lipinski definition) is 3. The number of aliphatic hydroxyl groups is 2. The normalized spacial score (nSPS) is 12.6. The van der Waals surface area contributed by atoms with E-state index >= 15 is 0 Å². The largest absolute Gasteiger partial charge is 0.470 e. The fourth-order valence-corrected chi connectivity index (χ4v) is 1.49. The van der Waals surface area contributed by atoms with Crippen LogP contribution in [0, 0.1) is 0 Å². The van der Waals surface area contributed by atoms with Crippen molar-refractivity contribution < 1.29 is 14.9 Å². The van der Waals surface area contributed by atoms with Crippen LogP contribution in [-0.2, 0) is 4.74 Å². The van der Waals surface area contributed by atoms with Crippen LogP contribution in [-0.4, -0.2) is 42.9 Å². The van der Waals surface area contributed by atoms with Crippen molar-refractivity contribution >= 4 is 17.0 Å². The molecule has 8 nitrogen and oxygen atoms in total. The maximum atomic E-state index is 9.30. The van der Waals surface area contributed by atoms with Crippen LogP contribution in [0.2, 0.25) is 0 Å². The highest BCUT2D eigenvalue weighted by Crippen LogP contribution is 2.20. The van der Waals surface area contributed by atoms with E-state index in [0.717, 1.165) is 0 Å². The van der Waals surface area contributed by atoms with Crippen LogP contribution in [0.1, 0.15) is 6.23 Å². The molecule has 2 aromatic rings. The first-order chi connectivity index (χ1) is 8.67. The number of hydrogen-bond acceptors (Lipinski definition) is 7. The van der Waals surface area contributed by atoms with Crippen molar-refractivity contribution in [3.63, 3.8) is 0 Å². The zero-order chi connectivity index (χ0) is 13.1. The van der Waals surface area contributed by atoms with Gasteiger partial charge in [-0.05, 0) is 0 Å². The van der Waals surface area contributed by atoms with Gasteiger partial charge < -0.3 is 20.7 Å². The number of ether oxygens (including phenoxy) is 1. The number of fused-ring (bicyclic) bond motifs is 1. The summed E-state index contributed by atoms with van der Waals surface area (Å²) < 4.78 is 6.76. The number of aromatic nitrogens is 4. The Kier molecular flexibility index (Phi) is 3.40. The van der Waals surface area contributed by atoms with Gasteiger partial charge in [-0.15, -0.1) is 0 Å². The second kappa shape index (κ2) is 4.98. The molecule has 1 atom stereocenters. The molecule has 0 aliphatic heterocycles. The molecule has 0 aliphatic rings. The highest BCUT2D eigenvalue weighted by Gasteiger charge is 2.17. The summed E-state index contributed by atoms with van der Waals surface area (Å²) in [6.07, 6.45) is 1.95. The van der Waals surface area contributed by atoms with E-state index in [1.165, 1.54) is 17.2 Å². The summed E-state index contributed by atoms with van der Waals surface area (Å²) in [7, 11) is 0. The molecule has 8 heteroatoms. The molecule has 0 aliphatic carbocycles. The minimum Gasteiger partial charge on any atom is -0.470 e. The van der Waals surface area contributed by atoms with E-state index in [0.29, 0.717) is 11.2 Å². The third-order valence-corrected chi connectivity index (χ3v) is 2.33. The lowest BCUT2D eigenvalue weighted by molar-refractivity contribution is -0.00179. The number of anilines is 1. The Morgan fingerprint density at radius 3 is 2.89 bits per heavy atom. The van der Waals surface area contributed by atoms with E-state index in [1.807, 2.05) is 0 Å². The van der Waals surface area contributed by atoms with E-state index in [2.05, 4.69) is 21.5 Å². The highest BCUT2D eigenvalue weighted by atomic mass is 16.5. The van der Waals surface area contributed by atoms with Crippen molar-refractivity contribution in [3.05, 3.63) is 25.0 Å². The fraction of sp³-hybridized carbons (Fsp3) is 0.300. The predicted molar refractivity (Wildman–Crippen MR) is 63.2 cm³/mol. The summed E-state index contributed by atoms with van der Waals surface area (Å²) in [5.41, 5.74) is 6.51. The molecule has 4 N–H and O–H groups in total. The second-order valence-electron chi connectivity index (χ2n) is 3.53. The highest BCUT2D eigenvalue weighted by molar-refractivity contribution is 5.81. The summed E-state index contributed by atoms with van der Waals surface area (Å²) in [6.45, 7) is 2.84. The van der Waals surface area contributed by atoms with Gasteiger partial charge in [0.1, 0.15) is 23.9 Å². The number of imidazole rings is 1. The Labute approximate surface area is 102 Å². The Morgan fingerprint density at radius 2 is 2.22 bits per heavy atom. The van der Waals surface area contributed by atoms with Crippen molar-refractivity contribution in [3.8, 4) is 0 Å². The molecule has 0 unspecified atom stereocenters. The SMILES string of the molecule is C=C(CO)O[C@H](CO)n1cnc2c(N)ncnc21. The van der Waals surface area contributed by atoms with Crippen LogP contribution in [0.3, 0.4) is 0 Å². The number of rotatable bonds is 5. The second-order valence-corrected chi connectivity index (χ2v) is 3.53. The molecular weight excluding hydrogens is 238 g/mol. The Balaban J connectivity index is 2.40. The van der Waals surface area contributed by atoms with Gasteiger partial charge in [0.15, 0.2) is 11.5 Å². The molecule has 2 rings (SSSR count). The third-order valence-electron chi connectivity index (χ3n) is 2.33. The lowest BCUT2D eigenvalue weighted by Gasteiger charge is -2.18. The predicted octanol–water partition coefficient (Wildman–Crippen LogP) is -0.578. The average Bonchev–Trinajstić information content (AvgIpc) is 2.81. The van der Waals surface area contributed by atoms with E-state index in [9.17, 15) is 5.11 Å². The molecule has 0 amide bonds. The molecule has 96 valence electrons. The molecule has 0 aromatic carbocycles. The van der Waals surface area contributed by atoms with E-state index in [4.69, 9.17) is 15.6 Å². The van der Waals surface area contributed by atoms with Gasteiger partial charge in [-0.1, -0.05) is 6.58 Å². The maximum absolute atomic E-state index is 9.30. The minimum absolute atomic E-state index is 0.137. The summed E-state index contributed by atoms with van der Waals surface area (Å²) in [5, 5.41) is 18.2. The first kappa shape index (κ1) is 12.3. The van der Waals surface area contributed by atoms with Gasteiger partial charge in [-0.25, -0.2) is 15.0 Å². The van der Waals surface area contributed by atoms with Crippen LogP contribution >= 0.6 is 0 Å². The summed E-state index contributed by atoms with van der Waals surface area (Å²) in [4.78, 5) is 11.9. The molecule has 2 heterocycles. The topological polar surface area (TPSA) is 119 Å².